The third-order valence-corrected chi connectivity index (χ3v) is 5.16. The average Bonchev–Trinajstić information content (AvgIpc) is 2.83. The molecule has 0 aromatic rings. The zero-order valence-electron chi connectivity index (χ0n) is 8.73. The van der Waals surface area contributed by atoms with E-state index in [0.717, 1.165) is 12.8 Å². The van der Waals surface area contributed by atoms with Crippen molar-refractivity contribution in [2.75, 3.05) is 13.1 Å². The Morgan fingerprint density at radius 2 is 1.64 bits per heavy atom. The first-order valence-electron chi connectivity index (χ1n) is 5.25. The molecular weight excluding hydrogens is 200 g/mol. The van der Waals surface area contributed by atoms with Gasteiger partial charge in [0.25, 0.3) is 0 Å². The molecule has 0 aromatic heterocycles. The second kappa shape index (κ2) is 3.47. The van der Waals surface area contributed by atoms with Crippen LogP contribution in [0.15, 0.2) is 0 Å². The first kappa shape index (κ1) is 10.4. The van der Waals surface area contributed by atoms with Crippen LogP contribution >= 0.6 is 0 Å². The Bertz CT molecular complexity index is 301. The van der Waals surface area contributed by atoms with Crippen molar-refractivity contribution in [1.29, 1.82) is 0 Å². The Balaban J connectivity index is 2.09. The summed E-state index contributed by atoms with van der Waals surface area (Å²) in [7, 11) is -2.96. The van der Waals surface area contributed by atoms with Crippen molar-refractivity contribution in [2.45, 2.75) is 44.0 Å². The van der Waals surface area contributed by atoms with Crippen molar-refractivity contribution in [3.63, 3.8) is 0 Å². The van der Waals surface area contributed by atoms with Gasteiger partial charge in [0.2, 0.25) is 10.0 Å². The number of rotatable bonds is 2. The number of piperazine rings is 1. The van der Waals surface area contributed by atoms with Gasteiger partial charge < -0.3 is 5.32 Å². The molecule has 1 aliphatic carbocycles. The molecule has 2 atom stereocenters. The van der Waals surface area contributed by atoms with Gasteiger partial charge in [-0.3, -0.25) is 0 Å². The van der Waals surface area contributed by atoms with E-state index in [2.05, 4.69) is 5.32 Å². The summed E-state index contributed by atoms with van der Waals surface area (Å²) in [6.45, 7) is 5.32. The maximum atomic E-state index is 11.9. The number of nitrogens with one attached hydrogen (secondary N) is 1. The van der Waals surface area contributed by atoms with E-state index >= 15 is 0 Å². The van der Waals surface area contributed by atoms with Gasteiger partial charge in [0.05, 0.1) is 5.25 Å². The Kier molecular flexibility index (Phi) is 2.57. The van der Waals surface area contributed by atoms with Crippen LogP contribution < -0.4 is 5.32 Å². The largest absolute Gasteiger partial charge is 0.309 e. The molecule has 4 nitrogen and oxygen atoms in total. The SMILES string of the molecule is CC1CN(S(=O)(=O)C2CC2)CC(C)N1. The molecule has 1 N–H and O–H groups in total. The quantitative estimate of drug-likeness (QED) is 0.718. The fourth-order valence-corrected chi connectivity index (χ4v) is 4.08. The molecule has 0 spiro atoms. The van der Waals surface area contributed by atoms with Crippen LogP contribution in [0.1, 0.15) is 26.7 Å². The third kappa shape index (κ3) is 1.94. The van der Waals surface area contributed by atoms with Crippen molar-refractivity contribution in [3.05, 3.63) is 0 Å². The molecule has 0 amide bonds. The fourth-order valence-electron chi connectivity index (χ4n) is 2.06. The zero-order chi connectivity index (χ0) is 10.3. The number of hydrogen-bond donors (Lipinski definition) is 1. The van der Waals surface area contributed by atoms with Gasteiger partial charge in [-0.05, 0) is 26.7 Å². The summed E-state index contributed by atoms with van der Waals surface area (Å²) in [4.78, 5) is 0. The minimum absolute atomic E-state index is 0.0694. The van der Waals surface area contributed by atoms with E-state index in [9.17, 15) is 8.42 Å². The first-order valence-corrected chi connectivity index (χ1v) is 6.75. The van der Waals surface area contributed by atoms with Crippen molar-refractivity contribution < 1.29 is 8.42 Å². The molecule has 5 heteroatoms. The molecule has 1 aliphatic heterocycles. The number of sulfonamides is 1. The predicted molar refractivity (Wildman–Crippen MR) is 55.6 cm³/mol. The van der Waals surface area contributed by atoms with Crippen LogP contribution in [0.2, 0.25) is 0 Å². The van der Waals surface area contributed by atoms with Crippen LogP contribution in [0.25, 0.3) is 0 Å². The summed E-state index contributed by atoms with van der Waals surface area (Å²) in [6.07, 6.45) is 1.71. The van der Waals surface area contributed by atoms with Gasteiger partial charge in [0.15, 0.2) is 0 Å². The fraction of sp³-hybridized carbons (Fsp3) is 1.00. The second-order valence-electron chi connectivity index (χ2n) is 4.53. The van der Waals surface area contributed by atoms with Crippen molar-refractivity contribution in [1.82, 2.24) is 9.62 Å². The summed E-state index contributed by atoms with van der Waals surface area (Å²) in [6, 6.07) is 0.541. The molecule has 14 heavy (non-hydrogen) atoms. The normalized spacial score (nSPS) is 35.9. The third-order valence-electron chi connectivity index (χ3n) is 2.83. The minimum Gasteiger partial charge on any atom is -0.309 e. The van der Waals surface area contributed by atoms with E-state index in [1.165, 1.54) is 0 Å². The van der Waals surface area contributed by atoms with E-state index in [4.69, 9.17) is 0 Å². The lowest BCUT2D eigenvalue weighted by molar-refractivity contribution is 0.262. The van der Waals surface area contributed by atoms with Gasteiger partial charge in [-0.1, -0.05) is 0 Å². The maximum Gasteiger partial charge on any atom is 0.217 e. The van der Waals surface area contributed by atoms with E-state index in [0.29, 0.717) is 13.1 Å². The zero-order valence-corrected chi connectivity index (χ0v) is 9.55. The Morgan fingerprint density at radius 1 is 1.14 bits per heavy atom. The molecule has 2 fully saturated rings. The molecule has 2 aliphatic rings. The number of nitrogens with zero attached hydrogens (tertiary/aromatic N) is 1. The highest BCUT2D eigenvalue weighted by atomic mass is 32.2. The van der Waals surface area contributed by atoms with Crippen molar-refractivity contribution >= 4 is 10.0 Å². The van der Waals surface area contributed by atoms with Gasteiger partial charge in [0, 0.05) is 25.2 Å². The molecule has 82 valence electrons. The predicted octanol–water partition coefficient (Wildman–Crippen LogP) is 0.161. The Morgan fingerprint density at radius 3 is 2.07 bits per heavy atom. The van der Waals surface area contributed by atoms with Crippen LogP contribution in [-0.2, 0) is 10.0 Å². The van der Waals surface area contributed by atoms with Gasteiger partial charge in [-0.2, -0.15) is 4.31 Å². The molecule has 1 saturated carbocycles. The highest BCUT2D eigenvalue weighted by Crippen LogP contribution is 2.31. The summed E-state index contributed by atoms with van der Waals surface area (Å²) >= 11 is 0. The lowest BCUT2D eigenvalue weighted by Crippen LogP contribution is -2.56. The maximum absolute atomic E-state index is 11.9. The van der Waals surface area contributed by atoms with Gasteiger partial charge in [-0.15, -0.1) is 0 Å². The average molecular weight is 218 g/mol. The monoisotopic (exact) mass is 218 g/mol. The number of hydrogen-bond acceptors (Lipinski definition) is 3. The smallest absolute Gasteiger partial charge is 0.217 e. The molecule has 1 saturated heterocycles. The van der Waals surface area contributed by atoms with Gasteiger partial charge >= 0.3 is 0 Å². The van der Waals surface area contributed by atoms with Crippen LogP contribution in [0.5, 0.6) is 0 Å². The van der Waals surface area contributed by atoms with Crippen LogP contribution in [0, 0.1) is 0 Å². The summed E-state index contributed by atoms with van der Waals surface area (Å²) in [5, 5.41) is 3.27. The molecule has 0 radical (unpaired) electrons. The molecule has 2 unspecified atom stereocenters. The van der Waals surface area contributed by atoms with E-state index < -0.39 is 10.0 Å². The first-order chi connectivity index (χ1) is 6.50. The van der Waals surface area contributed by atoms with Crippen LogP contribution in [0.4, 0.5) is 0 Å². The summed E-state index contributed by atoms with van der Waals surface area (Å²) in [5.41, 5.74) is 0. The van der Waals surface area contributed by atoms with E-state index in [1.807, 2.05) is 13.8 Å². The summed E-state index contributed by atoms with van der Waals surface area (Å²) in [5.74, 6) is 0. The van der Waals surface area contributed by atoms with Crippen molar-refractivity contribution in [2.24, 2.45) is 0 Å². The standard InChI is InChI=1S/C9H18N2O2S/c1-7-5-11(6-8(2)10-7)14(12,13)9-3-4-9/h7-10H,3-6H2,1-2H3. The molecule has 1 heterocycles. The Hall–Kier alpha value is -0.130. The molecule has 0 bridgehead atoms. The Labute approximate surface area is 85.7 Å². The van der Waals surface area contributed by atoms with E-state index in [1.54, 1.807) is 4.31 Å². The van der Waals surface area contributed by atoms with Crippen molar-refractivity contribution in [3.8, 4) is 0 Å². The molecule has 0 aromatic carbocycles. The van der Waals surface area contributed by atoms with E-state index in [-0.39, 0.29) is 17.3 Å². The van der Waals surface area contributed by atoms with Crippen LogP contribution in [-0.4, -0.2) is 43.1 Å². The van der Waals surface area contributed by atoms with Gasteiger partial charge in [-0.25, -0.2) is 8.42 Å². The second-order valence-corrected chi connectivity index (χ2v) is 6.74. The lowest BCUT2D eigenvalue weighted by atomic mass is 10.2. The minimum atomic E-state index is -2.96. The summed E-state index contributed by atoms with van der Waals surface area (Å²) < 4.78 is 25.5. The lowest BCUT2D eigenvalue weighted by Gasteiger charge is -2.35. The highest BCUT2D eigenvalue weighted by Gasteiger charge is 2.41. The molecule has 2 rings (SSSR count). The topological polar surface area (TPSA) is 49.4 Å². The molecular formula is C9H18N2O2S. The highest BCUT2D eigenvalue weighted by molar-refractivity contribution is 7.90. The van der Waals surface area contributed by atoms with Gasteiger partial charge in [0.1, 0.15) is 0 Å². The van der Waals surface area contributed by atoms with Crippen LogP contribution in [0.3, 0.4) is 0 Å².